The molecular weight excluding hydrogens is 302 g/mol. The fraction of sp³-hybridized carbons (Fsp3) is 0.462. The number of carbonyl (C=O) groups is 1. The van der Waals surface area contributed by atoms with Gasteiger partial charge < -0.3 is 5.32 Å². The van der Waals surface area contributed by atoms with Crippen LogP contribution in [-0.4, -0.2) is 11.4 Å². The van der Waals surface area contributed by atoms with Crippen LogP contribution in [0.3, 0.4) is 0 Å². The minimum Gasteiger partial charge on any atom is -0.347 e. The van der Waals surface area contributed by atoms with Gasteiger partial charge in [0, 0.05) is 20.6 Å². The molecule has 0 radical (unpaired) electrons. The summed E-state index contributed by atoms with van der Waals surface area (Å²) in [5.74, 6) is 0.541. The van der Waals surface area contributed by atoms with E-state index in [1.165, 1.54) is 12.8 Å². The predicted molar refractivity (Wildman–Crippen MR) is 73.4 cm³/mol. The van der Waals surface area contributed by atoms with E-state index in [0.29, 0.717) is 16.5 Å². The van der Waals surface area contributed by atoms with Gasteiger partial charge in [0.2, 0.25) is 0 Å². The van der Waals surface area contributed by atoms with Crippen molar-refractivity contribution in [3.63, 3.8) is 0 Å². The molecule has 1 aromatic rings. The summed E-state index contributed by atoms with van der Waals surface area (Å²) >= 11 is 9.27. The summed E-state index contributed by atoms with van der Waals surface area (Å²) in [6, 6.07) is 5.24. The third kappa shape index (κ3) is 3.23. The van der Waals surface area contributed by atoms with Crippen molar-refractivity contribution in [2.24, 2.45) is 5.92 Å². The Balaban J connectivity index is 2.14. The smallest absolute Gasteiger partial charge is 0.251 e. The Kier molecular flexibility index (Phi) is 3.50. The Morgan fingerprint density at radius 2 is 2.06 bits per heavy atom. The van der Waals surface area contributed by atoms with E-state index in [4.69, 9.17) is 11.6 Å². The lowest BCUT2D eigenvalue weighted by Crippen LogP contribution is -2.45. The zero-order chi connectivity index (χ0) is 12.6. The molecule has 1 aliphatic rings. The molecule has 2 rings (SSSR count). The summed E-state index contributed by atoms with van der Waals surface area (Å²) in [5, 5.41) is 3.63. The van der Waals surface area contributed by atoms with E-state index in [9.17, 15) is 4.79 Å². The Labute approximate surface area is 115 Å². The highest BCUT2D eigenvalue weighted by molar-refractivity contribution is 9.10. The number of carbonyl (C=O) groups excluding carboxylic acids is 1. The van der Waals surface area contributed by atoms with E-state index < -0.39 is 0 Å². The number of amides is 1. The second-order valence-electron chi connectivity index (χ2n) is 5.11. The molecule has 1 amide bonds. The van der Waals surface area contributed by atoms with E-state index >= 15 is 0 Å². The SMILES string of the molecule is CC(C)(NC(=O)c1cc(Cl)cc(Br)c1)C1CC1. The van der Waals surface area contributed by atoms with Gasteiger partial charge in [-0.2, -0.15) is 0 Å². The molecule has 1 aliphatic carbocycles. The highest BCUT2D eigenvalue weighted by Gasteiger charge is 2.38. The summed E-state index contributed by atoms with van der Waals surface area (Å²) in [6.45, 7) is 4.14. The first-order valence-electron chi connectivity index (χ1n) is 5.67. The van der Waals surface area contributed by atoms with E-state index in [2.05, 4.69) is 35.1 Å². The Hall–Kier alpha value is -0.540. The standard InChI is InChI=1S/C13H15BrClNO/c1-13(2,9-3-4-9)16-12(17)8-5-10(14)7-11(15)6-8/h5-7,9H,3-4H2,1-2H3,(H,16,17). The van der Waals surface area contributed by atoms with Crippen LogP contribution in [0.15, 0.2) is 22.7 Å². The lowest BCUT2D eigenvalue weighted by Gasteiger charge is -2.26. The summed E-state index contributed by atoms with van der Waals surface area (Å²) < 4.78 is 0.819. The molecule has 0 aromatic heterocycles. The van der Waals surface area contributed by atoms with Gasteiger partial charge >= 0.3 is 0 Å². The minimum atomic E-state index is -0.133. The van der Waals surface area contributed by atoms with Crippen LogP contribution < -0.4 is 5.32 Å². The van der Waals surface area contributed by atoms with Crippen LogP contribution in [0.5, 0.6) is 0 Å². The quantitative estimate of drug-likeness (QED) is 0.896. The van der Waals surface area contributed by atoms with Gasteiger partial charge in [0.15, 0.2) is 0 Å². The van der Waals surface area contributed by atoms with Crippen molar-refractivity contribution in [2.75, 3.05) is 0 Å². The number of hydrogen-bond donors (Lipinski definition) is 1. The van der Waals surface area contributed by atoms with Crippen molar-refractivity contribution in [1.29, 1.82) is 0 Å². The molecule has 0 unspecified atom stereocenters. The fourth-order valence-corrected chi connectivity index (χ4v) is 2.82. The van der Waals surface area contributed by atoms with Crippen molar-refractivity contribution >= 4 is 33.4 Å². The Morgan fingerprint density at radius 3 is 2.59 bits per heavy atom. The van der Waals surface area contributed by atoms with Crippen LogP contribution in [0.4, 0.5) is 0 Å². The molecule has 17 heavy (non-hydrogen) atoms. The molecule has 0 heterocycles. The first-order chi connectivity index (χ1) is 7.88. The zero-order valence-electron chi connectivity index (χ0n) is 9.89. The van der Waals surface area contributed by atoms with Crippen molar-refractivity contribution in [3.8, 4) is 0 Å². The highest BCUT2D eigenvalue weighted by atomic mass is 79.9. The lowest BCUT2D eigenvalue weighted by molar-refractivity contribution is 0.0903. The summed E-state index contributed by atoms with van der Waals surface area (Å²) in [5.41, 5.74) is 0.462. The average molecular weight is 317 g/mol. The van der Waals surface area contributed by atoms with E-state index in [0.717, 1.165) is 4.47 Å². The largest absolute Gasteiger partial charge is 0.347 e. The third-order valence-corrected chi connectivity index (χ3v) is 3.83. The van der Waals surface area contributed by atoms with Crippen molar-refractivity contribution in [2.45, 2.75) is 32.2 Å². The molecule has 0 spiro atoms. The molecule has 1 aromatic carbocycles. The maximum absolute atomic E-state index is 12.1. The minimum absolute atomic E-state index is 0.0647. The molecule has 0 aliphatic heterocycles. The summed E-state index contributed by atoms with van der Waals surface area (Å²) in [7, 11) is 0. The topological polar surface area (TPSA) is 29.1 Å². The van der Waals surface area contributed by atoms with Gasteiger partial charge in [-0.15, -0.1) is 0 Å². The van der Waals surface area contributed by atoms with Crippen LogP contribution in [0, 0.1) is 5.92 Å². The molecule has 4 heteroatoms. The van der Waals surface area contributed by atoms with Gasteiger partial charge in [-0.25, -0.2) is 0 Å². The van der Waals surface area contributed by atoms with E-state index in [1.807, 2.05) is 0 Å². The second kappa shape index (κ2) is 4.62. The number of rotatable bonds is 3. The molecule has 0 bridgehead atoms. The van der Waals surface area contributed by atoms with E-state index in [1.54, 1.807) is 18.2 Å². The lowest BCUT2D eigenvalue weighted by atomic mass is 9.98. The van der Waals surface area contributed by atoms with Gasteiger partial charge in [-0.1, -0.05) is 27.5 Å². The molecule has 1 N–H and O–H groups in total. The van der Waals surface area contributed by atoms with Crippen LogP contribution in [0.2, 0.25) is 5.02 Å². The number of benzene rings is 1. The first-order valence-corrected chi connectivity index (χ1v) is 6.84. The van der Waals surface area contributed by atoms with Gasteiger partial charge in [-0.3, -0.25) is 4.79 Å². The van der Waals surface area contributed by atoms with Crippen LogP contribution >= 0.6 is 27.5 Å². The molecule has 0 atom stereocenters. The zero-order valence-corrected chi connectivity index (χ0v) is 12.2. The Morgan fingerprint density at radius 1 is 1.41 bits per heavy atom. The molecule has 1 fully saturated rings. The predicted octanol–water partition coefficient (Wildman–Crippen LogP) is 4.02. The van der Waals surface area contributed by atoms with Crippen LogP contribution in [0.1, 0.15) is 37.0 Å². The first kappa shape index (κ1) is 12.9. The average Bonchev–Trinajstić information content (AvgIpc) is 2.98. The maximum atomic E-state index is 12.1. The van der Waals surface area contributed by atoms with Crippen LogP contribution in [-0.2, 0) is 0 Å². The third-order valence-electron chi connectivity index (χ3n) is 3.16. The van der Waals surface area contributed by atoms with Gasteiger partial charge in [-0.05, 0) is 50.8 Å². The molecule has 2 nitrogen and oxygen atoms in total. The van der Waals surface area contributed by atoms with Gasteiger partial charge in [0.25, 0.3) is 5.91 Å². The van der Waals surface area contributed by atoms with Gasteiger partial charge in [0.05, 0.1) is 0 Å². The monoisotopic (exact) mass is 315 g/mol. The fourth-order valence-electron chi connectivity index (χ4n) is 1.96. The van der Waals surface area contributed by atoms with Gasteiger partial charge in [0.1, 0.15) is 0 Å². The molecule has 92 valence electrons. The van der Waals surface area contributed by atoms with E-state index in [-0.39, 0.29) is 11.4 Å². The van der Waals surface area contributed by atoms with Crippen LogP contribution in [0.25, 0.3) is 0 Å². The summed E-state index contributed by atoms with van der Waals surface area (Å²) in [4.78, 5) is 12.1. The number of halogens is 2. The molecular formula is C13H15BrClNO. The highest BCUT2D eigenvalue weighted by Crippen LogP contribution is 2.39. The number of hydrogen-bond acceptors (Lipinski definition) is 1. The maximum Gasteiger partial charge on any atom is 0.251 e. The van der Waals surface area contributed by atoms with Crippen molar-refractivity contribution in [1.82, 2.24) is 5.32 Å². The van der Waals surface area contributed by atoms with Crippen molar-refractivity contribution in [3.05, 3.63) is 33.3 Å². The second-order valence-corrected chi connectivity index (χ2v) is 6.46. The molecule has 1 saturated carbocycles. The normalized spacial score (nSPS) is 15.8. The van der Waals surface area contributed by atoms with Crippen molar-refractivity contribution < 1.29 is 4.79 Å². The summed E-state index contributed by atoms with van der Waals surface area (Å²) in [6.07, 6.45) is 2.40. The number of nitrogens with one attached hydrogen (secondary N) is 1. The Bertz CT molecular complexity index is 434. The molecule has 0 saturated heterocycles.